The molecule has 32 heavy (non-hydrogen) atoms. The zero-order valence-corrected chi connectivity index (χ0v) is 19.4. The maximum atomic E-state index is 13.0. The van der Waals surface area contributed by atoms with E-state index in [0.29, 0.717) is 26.1 Å². The molecule has 0 spiro atoms. The highest BCUT2D eigenvalue weighted by Crippen LogP contribution is 2.46. The van der Waals surface area contributed by atoms with Crippen LogP contribution in [0.4, 0.5) is 5.69 Å². The van der Waals surface area contributed by atoms with Gasteiger partial charge >= 0.3 is 0 Å². The predicted octanol–water partition coefficient (Wildman–Crippen LogP) is 4.87. The fraction of sp³-hybridized carbons (Fsp3) is 0.130. The molecule has 1 aliphatic heterocycles. The Labute approximate surface area is 198 Å². The van der Waals surface area contributed by atoms with E-state index in [1.807, 2.05) is 36.2 Å². The van der Waals surface area contributed by atoms with Gasteiger partial charge in [-0.2, -0.15) is 5.26 Å². The van der Waals surface area contributed by atoms with Gasteiger partial charge in [-0.05, 0) is 30.3 Å². The van der Waals surface area contributed by atoms with Gasteiger partial charge in [-0.1, -0.05) is 53.3 Å². The Balaban J connectivity index is 1.65. The summed E-state index contributed by atoms with van der Waals surface area (Å²) in [7, 11) is 1.84. The Morgan fingerprint density at radius 1 is 1.34 bits per heavy atom. The van der Waals surface area contributed by atoms with Crippen LogP contribution in [0.1, 0.15) is 0 Å². The second-order valence-corrected chi connectivity index (χ2v) is 9.30. The minimum Gasteiger partial charge on any atom is -0.337 e. The number of allylic oxidation sites excluding steroid dienone is 2. The van der Waals surface area contributed by atoms with Crippen LogP contribution < -0.4 is 10.5 Å². The number of Topliss-reactive ketones (excluding diaryl/α,β-unsaturated/α-hetero) is 1. The lowest BCUT2D eigenvalue weighted by Crippen LogP contribution is -2.23. The SMILES string of the molecule is C=CCn1c(SCC(=O)C(C#N)=C2Sc3ccccc3N2C)nc2ccc(Cl)cc2c1=O. The number of aromatic nitrogens is 2. The number of anilines is 1. The Kier molecular flexibility index (Phi) is 6.42. The molecule has 4 rings (SSSR count). The average molecular weight is 481 g/mol. The largest absolute Gasteiger partial charge is 0.337 e. The molecule has 0 atom stereocenters. The van der Waals surface area contributed by atoms with Gasteiger partial charge < -0.3 is 4.90 Å². The number of carbonyl (C=O) groups excluding carboxylic acids is 1. The molecule has 1 aliphatic rings. The number of hydrogen-bond donors (Lipinski definition) is 0. The molecule has 0 saturated heterocycles. The van der Waals surface area contributed by atoms with Crippen LogP contribution in [0.15, 0.2) is 80.6 Å². The Bertz CT molecular complexity index is 1390. The number of carbonyl (C=O) groups is 1. The first-order valence-electron chi connectivity index (χ1n) is 9.56. The van der Waals surface area contributed by atoms with Crippen LogP contribution in [0.3, 0.4) is 0 Å². The number of para-hydroxylation sites is 1. The predicted molar refractivity (Wildman–Crippen MR) is 130 cm³/mol. The Morgan fingerprint density at radius 2 is 2.12 bits per heavy atom. The van der Waals surface area contributed by atoms with E-state index in [1.54, 1.807) is 24.3 Å². The molecule has 0 unspecified atom stereocenters. The van der Waals surface area contributed by atoms with Crippen molar-refractivity contribution in [2.75, 3.05) is 17.7 Å². The number of halogens is 1. The molecule has 2 heterocycles. The van der Waals surface area contributed by atoms with Crippen molar-refractivity contribution in [2.24, 2.45) is 0 Å². The maximum absolute atomic E-state index is 13.0. The smallest absolute Gasteiger partial charge is 0.262 e. The van der Waals surface area contributed by atoms with E-state index in [4.69, 9.17) is 11.6 Å². The molecule has 6 nitrogen and oxygen atoms in total. The van der Waals surface area contributed by atoms with Crippen molar-refractivity contribution >= 4 is 57.5 Å². The van der Waals surface area contributed by atoms with E-state index >= 15 is 0 Å². The lowest BCUT2D eigenvalue weighted by atomic mass is 10.2. The third-order valence-corrected chi connectivity index (χ3v) is 7.32. The Hall–Kier alpha value is -2.99. The Morgan fingerprint density at radius 3 is 2.84 bits per heavy atom. The van der Waals surface area contributed by atoms with Gasteiger partial charge in [0.25, 0.3) is 5.56 Å². The highest BCUT2D eigenvalue weighted by molar-refractivity contribution is 8.03. The lowest BCUT2D eigenvalue weighted by molar-refractivity contribution is -0.112. The minimum atomic E-state index is -0.324. The molecule has 160 valence electrons. The van der Waals surface area contributed by atoms with Crippen molar-refractivity contribution in [3.8, 4) is 6.07 Å². The summed E-state index contributed by atoms with van der Waals surface area (Å²) in [5.74, 6) is -0.352. The molecule has 9 heteroatoms. The van der Waals surface area contributed by atoms with Crippen LogP contribution >= 0.6 is 35.1 Å². The highest BCUT2D eigenvalue weighted by atomic mass is 35.5. The maximum Gasteiger partial charge on any atom is 0.262 e. The normalized spacial score (nSPS) is 14.2. The lowest BCUT2D eigenvalue weighted by Gasteiger charge is -2.15. The van der Waals surface area contributed by atoms with Crippen LogP contribution in [0, 0.1) is 11.3 Å². The van der Waals surface area contributed by atoms with Crippen molar-refractivity contribution in [1.29, 1.82) is 5.26 Å². The number of thioether (sulfide) groups is 2. The number of rotatable bonds is 6. The molecule has 0 radical (unpaired) electrons. The molecular weight excluding hydrogens is 464 g/mol. The second kappa shape index (κ2) is 9.25. The summed E-state index contributed by atoms with van der Waals surface area (Å²) in [5, 5.41) is 11.6. The quantitative estimate of drug-likeness (QED) is 0.164. The zero-order valence-electron chi connectivity index (χ0n) is 17.0. The molecule has 0 bridgehead atoms. The molecule has 1 aromatic heterocycles. The summed E-state index contributed by atoms with van der Waals surface area (Å²) in [5.41, 5.74) is 1.28. The van der Waals surface area contributed by atoms with Crippen LogP contribution in [-0.2, 0) is 11.3 Å². The standard InChI is InChI=1S/C23H17ClN4O2S2/c1-3-10-28-21(30)15-11-14(24)8-9-17(15)26-23(28)31-13-19(29)16(12-25)22-27(2)18-6-4-5-7-20(18)32-22/h3-9,11H,1,10,13H2,2H3. The number of fused-ring (bicyclic) bond motifs is 2. The number of ketones is 1. The summed E-state index contributed by atoms with van der Waals surface area (Å²) in [4.78, 5) is 33.3. The first kappa shape index (κ1) is 22.2. The molecule has 0 amide bonds. The number of nitriles is 1. The summed E-state index contributed by atoms with van der Waals surface area (Å²) in [6.45, 7) is 3.95. The van der Waals surface area contributed by atoms with Gasteiger partial charge in [0.1, 0.15) is 16.7 Å². The van der Waals surface area contributed by atoms with Gasteiger partial charge in [0.05, 0.1) is 22.3 Å². The van der Waals surface area contributed by atoms with Crippen LogP contribution in [0.2, 0.25) is 5.02 Å². The molecule has 0 fully saturated rings. The van der Waals surface area contributed by atoms with E-state index < -0.39 is 0 Å². The minimum absolute atomic E-state index is 0.0280. The highest BCUT2D eigenvalue weighted by Gasteiger charge is 2.28. The summed E-state index contributed by atoms with van der Waals surface area (Å²) >= 11 is 8.56. The number of benzene rings is 2. The molecule has 2 aromatic carbocycles. The molecule has 0 N–H and O–H groups in total. The third-order valence-electron chi connectivity index (χ3n) is 4.87. The van der Waals surface area contributed by atoms with E-state index in [0.717, 1.165) is 22.3 Å². The molecule has 0 aliphatic carbocycles. The van der Waals surface area contributed by atoms with E-state index in [9.17, 15) is 14.9 Å². The van der Waals surface area contributed by atoms with E-state index in [-0.39, 0.29) is 29.2 Å². The number of hydrogen-bond acceptors (Lipinski definition) is 7. The van der Waals surface area contributed by atoms with Gasteiger partial charge in [-0.3, -0.25) is 14.2 Å². The van der Waals surface area contributed by atoms with Crippen molar-refractivity contribution in [2.45, 2.75) is 16.6 Å². The molecule has 3 aromatic rings. The van der Waals surface area contributed by atoms with Gasteiger partial charge in [0, 0.05) is 23.5 Å². The van der Waals surface area contributed by atoms with Crippen molar-refractivity contribution in [1.82, 2.24) is 9.55 Å². The first-order chi connectivity index (χ1) is 15.4. The molecular formula is C23H17ClN4O2S2. The van der Waals surface area contributed by atoms with E-state index in [1.165, 1.54) is 16.3 Å². The van der Waals surface area contributed by atoms with Gasteiger partial charge in [0.2, 0.25) is 0 Å². The monoisotopic (exact) mass is 480 g/mol. The number of nitrogens with zero attached hydrogens (tertiary/aromatic N) is 4. The second-order valence-electron chi connectivity index (χ2n) is 6.89. The van der Waals surface area contributed by atoms with Crippen molar-refractivity contribution in [3.05, 3.63) is 81.1 Å². The zero-order chi connectivity index (χ0) is 22.8. The fourth-order valence-electron chi connectivity index (χ4n) is 3.33. The summed E-state index contributed by atoms with van der Waals surface area (Å²) in [6.07, 6.45) is 1.59. The first-order valence-corrected chi connectivity index (χ1v) is 11.7. The van der Waals surface area contributed by atoms with Gasteiger partial charge in [-0.15, -0.1) is 6.58 Å². The fourth-order valence-corrected chi connectivity index (χ4v) is 5.54. The van der Waals surface area contributed by atoms with Crippen molar-refractivity contribution in [3.63, 3.8) is 0 Å². The van der Waals surface area contributed by atoms with Crippen LogP contribution in [0.25, 0.3) is 10.9 Å². The van der Waals surface area contributed by atoms with Crippen LogP contribution in [-0.4, -0.2) is 28.1 Å². The van der Waals surface area contributed by atoms with Gasteiger partial charge in [-0.25, -0.2) is 4.98 Å². The summed E-state index contributed by atoms with van der Waals surface area (Å²) < 4.78 is 1.45. The third kappa shape index (κ3) is 4.07. The molecule has 0 saturated carbocycles. The van der Waals surface area contributed by atoms with Gasteiger partial charge in [0.15, 0.2) is 10.9 Å². The average Bonchev–Trinajstić information content (AvgIpc) is 3.12. The topological polar surface area (TPSA) is 79.0 Å². The van der Waals surface area contributed by atoms with Crippen LogP contribution in [0.5, 0.6) is 0 Å². The van der Waals surface area contributed by atoms with E-state index in [2.05, 4.69) is 17.6 Å². The van der Waals surface area contributed by atoms with Crippen molar-refractivity contribution < 1.29 is 4.79 Å². The summed E-state index contributed by atoms with van der Waals surface area (Å²) in [6, 6.07) is 14.7.